The average Bonchev–Trinajstić information content (AvgIpc) is 2.50. The molecule has 1 aliphatic rings. The summed E-state index contributed by atoms with van der Waals surface area (Å²) in [7, 11) is 3.39. The summed E-state index contributed by atoms with van der Waals surface area (Å²) >= 11 is 3.35. The number of aromatic nitrogens is 2. The van der Waals surface area contributed by atoms with E-state index in [2.05, 4.69) is 31.2 Å². The number of hydrogen-bond donors (Lipinski definition) is 1. The summed E-state index contributed by atoms with van der Waals surface area (Å²) in [6.45, 7) is 4.08. The maximum absolute atomic E-state index is 11.8. The molecule has 0 amide bonds. The van der Waals surface area contributed by atoms with Crippen LogP contribution in [0.15, 0.2) is 15.5 Å². The fraction of sp³-hybridized carbons (Fsp3) is 0.714. The predicted octanol–water partition coefficient (Wildman–Crippen LogP) is 1.46. The van der Waals surface area contributed by atoms with Gasteiger partial charge in [0.15, 0.2) is 0 Å². The van der Waals surface area contributed by atoms with Crippen molar-refractivity contribution in [1.29, 1.82) is 0 Å². The first-order valence-electron chi connectivity index (χ1n) is 7.31. The van der Waals surface area contributed by atoms with Crippen LogP contribution in [-0.2, 0) is 11.8 Å². The molecule has 0 aliphatic carbocycles. The number of nitrogens with zero attached hydrogens (tertiary/aromatic N) is 3. The minimum absolute atomic E-state index is 0.114. The van der Waals surface area contributed by atoms with Crippen LogP contribution in [0.25, 0.3) is 0 Å². The summed E-state index contributed by atoms with van der Waals surface area (Å²) < 4.78 is 6.97. The molecule has 1 aliphatic heterocycles. The number of likely N-dealkylation sites (tertiary alicyclic amines) is 1. The van der Waals surface area contributed by atoms with E-state index in [0.29, 0.717) is 10.5 Å². The fourth-order valence-electron chi connectivity index (χ4n) is 2.56. The largest absolute Gasteiger partial charge is 0.385 e. The normalized spacial score (nSPS) is 17.1. The third-order valence-electron chi connectivity index (χ3n) is 3.85. The highest BCUT2D eigenvalue weighted by Gasteiger charge is 2.20. The summed E-state index contributed by atoms with van der Waals surface area (Å²) in [4.78, 5) is 14.3. The lowest BCUT2D eigenvalue weighted by Crippen LogP contribution is -2.40. The van der Waals surface area contributed by atoms with E-state index < -0.39 is 0 Å². The lowest BCUT2D eigenvalue weighted by Gasteiger charge is -2.32. The molecule has 6 nitrogen and oxygen atoms in total. The van der Waals surface area contributed by atoms with Gasteiger partial charge >= 0.3 is 0 Å². The smallest absolute Gasteiger partial charge is 0.282 e. The van der Waals surface area contributed by atoms with Crippen LogP contribution < -0.4 is 10.9 Å². The summed E-state index contributed by atoms with van der Waals surface area (Å²) in [5.41, 5.74) is 0.674. The van der Waals surface area contributed by atoms with Crippen molar-refractivity contribution in [1.82, 2.24) is 14.7 Å². The van der Waals surface area contributed by atoms with Gasteiger partial charge in [0.1, 0.15) is 4.47 Å². The highest BCUT2D eigenvalue weighted by atomic mass is 79.9. The van der Waals surface area contributed by atoms with Crippen molar-refractivity contribution in [2.24, 2.45) is 7.05 Å². The first-order valence-corrected chi connectivity index (χ1v) is 8.10. The molecule has 2 heterocycles. The maximum atomic E-state index is 11.8. The highest BCUT2D eigenvalue weighted by molar-refractivity contribution is 9.10. The van der Waals surface area contributed by atoms with Crippen molar-refractivity contribution >= 4 is 21.6 Å². The number of anilines is 1. The maximum Gasteiger partial charge on any atom is 0.282 e. The third-order valence-corrected chi connectivity index (χ3v) is 4.61. The number of hydrogen-bond acceptors (Lipinski definition) is 5. The van der Waals surface area contributed by atoms with E-state index in [9.17, 15) is 4.79 Å². The van der Waals surface area contributed by atoms with Gasteiger partial charge < -0.3 is 15.0 Å². The molecule has 1 aromatic rings. The number of aryl methyl sites for hydroxylation is 1. The van der Waals surface area contributed by atoms with Crippen molar-refractivity contribution in [3.05, 3.63) is 21.0 Å². The molecule has 0 atom stereocenters. The Labute approximate surface area is 133 Å². The number of piperidine rings is 1. The van der Waals surface area contributed by atoms with Crippen molar-refractivity contribution in [2.75, 3.05) is 38.7 Å². The SMILES string of the molecule is COCCCN1CCC(Nc2cnn(C)c(=O)c2Br)CC1. The van der Waals surface area contributed by atoms with E-state index >= 15 is 0 Å². The van der Waals surface area contributed by atoms with E-state index in [0.717, 1.165) is 51.2 Å². The molecule has 118 valence electrons. The van der Waals surface area contributed by atoms with Crippen LogP contribution in [0.2, 0.25) is 0 Å². The molecule has 0 bridgehead atoms. The molecule has 1 fully saturated rings. The van der Waals surface area contributed by atoms with E-state index in [1.807, 2.05) is 0 Å². The Morgan fingerprint density at radius 1 is 1.48 bits per heavy atom. The molecule has 0 aromatic carbocycles. The Kier molecular flexibility index (Phi) is 6.20. The number of methoxy groups -OCH3 is 1. The quantitative estimate of drug-likeness (QED) is 0.780. The fourth-order valence-corrected chi connectivity index (χ4v) is 3.04. The van der Waals surface area contributed by atoms with Gasteiger partial charge in [-0.1, -0.05) is 0 Å². The monoisotopic (exact) mass is 358 g/mol. The van der Waals surface area contributed by atoms with Crippen LogP contribution >= 0.6 is 15.9 Å². The standard InChI is InChI=1S/C14H23BrN4O2/c1-18-14(20)13(15)12(10-16-18)17-11-4-7-19(8-5-11)6-3-9-21-2/h10-11,17H,3-9H2,1-2H3. The second-order valence-electron chi connectivity index (χ2n) is 5.41. The van der Waals surface area contributed by atoms with E-state index in [1.165, 1.54) is 4.68 Å². The summed E-state index contributed by atoms with van der Waals surface area (Å²) in [5, 5.41) is 7.49. The van der Waals surface area contributed by atoms with Crippen molar-refractivity contribution in [3.63, 3.8) is 0 Å². The second kappa shape index (κ2) is 7.91. The number of rotatable bonds is 6. The topological polar surface area (TPSA) is 59.4 Å². The van der Waals surface area contributed by atoms with Crippen LogP contribution in [0.5, 0.6) is 0 Å². The van der Waals surface area contributed by atoms with Crippen LogP contribution in [0, 0.1) is 0 Å². The second-order valence-corrected chi connectivity index (χ2v) is 6.20. The summed E-state index contributed by atoms with van der Waals surface area (Å²) in [5.74, 6) is 0. The van der Waals surface area contributed by atoms with Gasteiger partial charge in [0.05, 0.1) is 11.9 Å². The van der Waals surface area contributed by atoms with Gasteiger partial charge in [0.25, 0.3) is 5.56 Å². The Morgan fingerprint density at radius 2 is 2.19 bits per heavy atom. The van der Waals surface area contributed by atoms with Gasteiger partial charge in [0.2, 0.25) is 0 Å². The van der Waals surface area contributed by atoms with E-state index in [4.69, 9.17) is 4.74 Å². The molecular weight excluding hydrogens is 336 g/mol. The number of ether oxygens (including phenoxy) is 1. The molecular formula is C14H23BrN4O2. The Morgan fingerprint density at radius 3 is 2.86 bits per heavy atom. The molecule has 1 aromatic heterocycles. The molecule has 7 heteroatoms. The molecule has 1 N–H and O–H groups in total. The summed E-state index contributed by atoms with van der Waals surface area (Å²) in [6, 6.07) is 0.397. The molecule has 0 spiro atoms. The Hall–Kier alpha value is -0.920. The van der Waals surface area contributed by atoms with Crippen LogP contribution in [0.1, 0.15) is 19.3 Å². The highest BCUT2D eigenvalue weighted by Crippen LogP contribution is 2.21. The molecule has 0 saturated carbocycles. The van der Waals surface area contributed by atoms with Gasteiger partial charge in [0, 0.05) is 46.4 Å². The third kappa shape index (κ3) is 4.52. The van der Waals surface area contributed by atoms with Crippen molar-refractivity contribution in [2.45, 2.75) is 25.3 Å². The molecule has 0 unspecified atom stereocenters. The first kappa shape index (κ1) is 16.5. The Balaban J connectivity index is 1.84. The Bertz CT molecular complexity index is 512. The van der Waals surface area contributed by atoms with E-state index in [-0.39, 0.29) is 5.56 Å². The molecule has 1 saturated heterocycles. The van der Waals surface area contributed by atoms with Gasteiger partial charge in [-0.3, -0.25) is 4.79 Å². The number of halogens is 1. The van der Waals surface area contributed by atoms with Gasteiger partial charge in [-0.2, -0.15) is 5.10 Å². The van der Waals surface area contributed by atoms with Crippen molar-refractivity contribution in [3.8, 4) is 0 Å². The molecule has 2 rings (SSSR count). The van der Waals surface area contributed by atoms with Gasteiger partial charge in [-0.15, -0.1) is 0 Å². The molecule has 21 heavy (non-hydrogen) atoms. The summed E-state index contributed by atoms with van der Waals surface area (Å²) in [6.07, 6.45) is 4.94. The zero-order chi connectivity index (χ0) is 15.2. The minimum Gasteiger partial charge on any atom is -0.385 e. The first-order chi connectivity index (χ1) is 10.1. The van der Waals surface area contributed by atoms with Crippen molar-refractivity contribution < 1.29 is 4.74 Å². The zero-order valence-corrected chi connectivity index (χ0v) is 14.2. The lowest BCUT2D eigenvalue weighted by atomic mass is 10.0. The van der Waals surface area contributed by atoms with Gasteiger partial charge in [-0.25, -0.2) is 4.68 Å². The van der Waals surface area contributed by atoms with Crippen LogP contribution in [-0.4, -0.2) is 54.1 Å². The zero-order valence-electron chi connectivity index (χ0n) is 12.6. The predicted molar refractivity (Wildman–Crippen MR) is 86.8 cm³/mol. The number of nitrogens with one attached hydrogen (secondary N) is 1. The molecule has 0 radical (unpaired) electrons. The van der Waals surface area contributed by atoms with Gasteiger partial charge in [-0.05, 0) is 35.2 Å². The lowest BCUT2D eigenvalue weighted by molar-refractivity contribution is 0.159. The van der Waals surface area contributed by atoms with E-state index in [1.54, 1.807) is 20.4 Å². The minimum atomic E-state index is -0.114. The average molecular weight is 359 g/mol. The van der Waals surface area contributed by atoms with Crippen LogP contribution in [0.3, 0.4) is 0 Å². The van der Waals surface area contributed by atoms with Crippen LogP contribution in [0.4, 0.5) is 5.69 Å².